The molecule has 0 amide bonds. The van der Waals surface area contributed by atoms with Crippen LogP contribution >= 0.6 is 0 Å². The molecule has 0 fully saturated rings. The molecule has 0 N–H and O–H groups in total. The van der Waals surface area contributed by atoms with Gasteiger partial charge in [0.05, 0.1) is 0 Å². The third-order valence-electron chi connectivity index (χ3n) is 4.65. The molecule has 0 spiro atoms. The van der Waals surface area contributed by atoms with Crippen LogP contribution in [0.5, 0.6) is 11.5 Å². The second kappa shape index (κ2) is 8.07. The molecule has 134 valence electrons. The van der Waals surface area contributed by atoms with Crippen molar-refractivity contribution in [2.75, 3.05) is 7.05 Å². The quantitative estimate of drug-likeness (QED) is 0.405. The van der Waals surface area contributed by atoms with Gasteiger partial charge in [0, 0.05) is 13.1 Å². The molecular weight excluding hydrogens is 330 g/mol. The molecule has 0 radical (unpaired) electrons. The van der Waals surface area contributed by atoms with Gasteiger partial charge in [0.2, 0.25) is 0 Å². The molecule has 0 saturated carbocycles. The number of fused-ring (bicyclic) bond motifs is 1. The molecule has 2 nitrogen and oxygen atoms in total. The molecule has 0 unspecified atom stereocenters. The third-order valence-corrected chi connectivity index (χ3v) is 4.65. The smallest absolute Gasteiger partial charge is 0.127 e. The average molecular weight is 353 g/mol. The highest BCUT2D eigenvalue weighted by Gasteiger charge is 2.06. The topological polar surface area (TPSA) is 12.5 Å². The van der Waals surface area contributed by atoms with E-state index in [4.69, 9.17) is 4.74 Å². The van der Waals surface area contributed by atoms with E-state index in [1.807, 2.05) is 36.4 Å². The van der Waals surface area contributed by atoms with Gasteiger partial charge < -0.3 is 4.74 Å². The van der Waals surface area contributed by atoms with Gasteiger partial charge >= 0.3 is 0 Å². The predicted molar refractivity (Wildman–Crippen MR) is 112 cm³/mol. The SMILES string of the molecule is CN(Cc1cccc(Oc2ccccc2)c1)Cc1cccc2ccccc12. The minimum Gasteiger partial charge on any atom is -0.457 e. The third kappa shape index (κ3) is 4.36. The van der Waals surface area contributed by atoms with Crippen LogP contribution in [0, 0.1) is 0 Å². The molecule has 4 aromatic carbocycles. The number of hydrogen-bond acceptors (Lipinski definition) is 2. The largest absolute Gasteiger partial charge is 0.457 e. The summed E-state index contributed by atoms with van der Waals surface area (Å²) < 4.78 is 5.96. The van der Waals surface area contributed by atoms with Crippen LogP contribution < -0.4 is 4.74 Å². The van der Waals surface area contributed by atoms with Crippen molar-refractivity contribution in [3.63, 3.8) is 0 Å². The van der Waals surface area contributed by atoms with E-state index in [1.165, 1.54) is 21.9 Å². The van der Waals surface area contributed by atoms with E-state index in [0.717, 1.165) is 24.6 Å². The second-order valence-electron chi connectivity index (χ2n) is 6.87. The normalized spacial score (nSPS) is 11.0. The summed E-state index contributed by atoms with van der Waals surface area (Å²) in [6, 6.07) is 33.3. The van der Waals surface area contributed by atoms with Gasteiger partial charge in [-0.2, -0.15) is 0 Å². The van der Waals surface area contributed by atoms with Crippen LogP contribution in [0.1, 0.15) is 11.1 Å². The first-order valence-electron chi connectivity index (χ1n) is 9.25. The maximum Gasteiger partial charge on any atom is 0.127 e. The highest BCUT2D eigenvalue weighted by molar-refractivity contribution is 5.85. The summed E-state index contributed by atoms with van der Waals surface area (Å²) >= 11 is 0. The van der Waals surface area contributed by atoms with Crippen molar-refractivity contribution in [1.29, 1.82) is 0 Å². The van der Waals surface area contributed by atoms with E-state index in [9.17, 15) is 0 Å². The Kier molecular flexibility index (Phi) is 5.17. The Morgan fingerprint density at radius 2 is 1.37 bits per heavy atom. The van der Waals surface area contributed by atoms with E-state index >= 15 is 0 Å². The van der Waals surface area contributed by atoms with Crippen LogP contribution in [0.25, 0.3) is 10.8 Å². The number of nitrogens with zero attached hydrogens (tertiary/aromatic N) is 1. The van der Waals surface area contributed by atoms with Crippen LogP contribution in [0.3, 0.4) is 0 Å². The Morgan fingerprint density at radius 1 is 0.667 bits per heavy atom. The van der Waals surface area contributed by atoms with Gasteiger partial charge in [0.25, 0.3) is 0 Å². The Bertz CT molecular complexity index is 1020. The first-order chi connectivity index (χ1) is 13.3. The van der Waals surface area contributed by atoms with Crippen LogP contribution in [0.4, 0.5) is 0 Å². The van der Waals surface area contributed by atoms with Crippen molar-refractivity contribution in [1.82, 2.24) is 4.90 Å². The second-order valence-corrected chi connectivity index (χ2v) is 6.87. The van der Waals surface area contributed by atoms with Gasteiger partial charge in [-0.3, -0.25) is 4.90 Å². The molecule has 0 bridgehead atoms. The van der Waals surface area contributed by atoms with Gasteiger partial charge in [0.15, 0.2) is 0 Å². The van der Waals surface area contributed by atoms with Gasteiger partial charge in [0.1, 0.15) is 11.5 Å². The molecule has 0 aromatic heterocycles. The zero-order valence-electron chi connectivity index (χ0n) is 15.5. The van der Waals surface area contributed by atoms with E-state index in [-0.39, 0.29) is 0 Å². The van der Waals surface area contributed by atoms with Gasteiger partial charge in [-0.1, -0.05) is 72.8 Å². The summed E-state index contributed by atoms with van der Waals surface area (Å²) in [6.07, 6.45) is 0. The molecule has 2 heteroatoms. The number of rotatable bonds is 6. The molecule has 0 heterocycles. The number of para-hydroxylation sites is 1. The summed E-state index contributed by atoms with van der Waals surface area (Å²) in [5.41, 5.74) is 2.60. The van der Waals surface area contributed by atoms with Crippen molar-refractivity contribution >= 4 is 10.8 Å². The summed E-state index contributed by atoms with van der Waals surface area (Å²) in [7, 11) is 2.16. The van der Waals surface area contributed by atoms with Gasteiger partial charge in [-0.05, 0) is 53.2 Å². The fourth-order valence-corrected chi connectivity index (χ4v) is 3.42. The van der Waals surface area contributed by atoms with Crippen LogP contribution in [0.2, 0.25) is 0 Å². The number of ether oxygens (including phenoxy) is 1. The molecule has 27 heavy (non-hydrogen) atoms. The Balaban J connectivity index is 1.46. The zero-order chi connectivity index (χ0) is 18.5. The Labute approximate surface area is 160 Å². The highest BCUT2D eigenvalue weighted by atomic mass is 16.5. The lowest BCUT2D eigenvalue weighted by Gasteiger charge is -2.18. The molecule has 0 atom stereocenters. The minimum atomic E-state index is 0.860. The standard InChI is InChI=1S/C25H23NO/c1-26(19-22-12-8-11-21-10-5-6-16-25(21)22)18-20-9-7-15-24(17-20)27-23-13-3-2-4-14-23/h2-17H,18-19H2,1H3. The average Bonchev–Trinajstić information content (AvgIpc) is 2.69. The Morgan fingerprint density at radius 3 is 2.26 bits per heavy atom. The van der Waals surface area contributed by atoms with Crippen molar-refractivity contribution in [2.45, 2.75) is 13.1 Å². The van der Waals surface area contributed by atoms with Crippen molar-refractivity contribution in [3.05, 3.63) is 108 Å². The predicted octanol–water partition coefficient (Wildman–Crippen LogP) is 6.26. The number of benzene rings is 4. The van der Waals surface area contributed by atoms with E-state index in [0.29, 0.717) is 0 Å². The summed E-state index contributed by atoms with van der Waals surface area (Å²) in [6.45, 7) is 1.78. The first kappa shape index (κ1) is 17.3. The summed E-state index contributed by atoms with van der Waals surface area (Å²) in [4.78, 5) is 2.34. The lowest BCUT2D eigenvalue weighted by molar-refractivity contribution is 0.320. The van der Waals surface area contributed by atoms with E-state index in [1.54, 1.807) is 0 Å². The van der Waals surface area contributed by atoms with Crippen LogP contribution in [-0.4, -0.2) is 11.9 Å². The fourth-order valence-electron chi connectivity index (χ4n) is 3.42. The fraction of sp³-hybridized carbons (Fsp3) is 0.120. The van der Waals surface area contributed by atoms with Crippen molar-refractivity contribution in [3.8, 4) is 11.5 Å². The number of hydrogen-bond donors (Lipinski definition) is 0. The van der Waals surface area contributed by atoms with Gasteiger partial charge in [-0.15, -0.1) is 0 Å². The molecule has 0 aliphatic carbocycles. The monoisotopic (exact) mass is 353 g/mol. The van der Waals surface area contributed by atoms with E-state index < -0.39 is 0 Å². The lowest BCUT2D eigenvalue weighted by Crippen LogP contribution is -2.17. The van der Waals surface area contributed by atoms with E-state index in [2.05, 4.69) is 72.6 Å². The molecule has 4 aromatic rings. The molecule has 4 rings (SSSR count). The first-order valence-corrected chi connectivity index (χ1v) is 9.25. The molecule has 0 aliphatic rings. The Hall–Kier alpha value is -3.10. The van der Waals surface area contributed by atoms with Gasteiger partial charge in [-0.25, -0.2) is 0 Å². The molecule has 0 aliphatic heterocycles. The lowest BCUT2D eigenvalue weighted by atomic mass is 10.0. The van der Waals surface area contributed by atoms with Crippen molar-refractivity contribution in [2.24, 2.45) is 0 Å². The van der Waals surface area contributed by atoms with Crippen LogP contribution in [0.15, 0.2) is 97.1 Å². The van der Waals surface area contributed by atoms with Crippen molar-refractivity contribution < 1.29 is 4.74 Å². The molecule has 0 saturated heterocycles. The maximum absolute atomic E-state index is 5.96. The zero-order valence-corrected chi connectivity index (χ0v) is 15.5. The molecular formula is C25H23NO. The van der Waals surface area contributed by atoms with Crippen LogP contribution in [-0.2, 0) is 13.1 Å². The summed E-state index contributed by atoms with van der Waals surface area (Å²) in [5, 5.41) is 2.62. The summed E-state index contributed by atoms with van der Waals surface area (Å²) in [5.74, 6) is 1.73. The highest BCUT2D eigenvalue weighted by Crippen LogP contribution is 2.23. The minimum absolute atomic E-state index is 0.860. The maximum atomic E-state index is 5.96.